The number of carbonyl (C=O) groups is 3. The predicted octanol–water partition coefficient (Wildman–Crippen LogP) is 1.61. The highest BCUT2D eigenvalue weighted by atomic mass is 79.9. The van der Waals surface area contributed by atoms with Crippen molar-refractivity contribution in [3.05, 3.63) is 34.1 Å². The van der Waals surface area contributed by atoms with Crippen LogP contribution in [0.1, 0.15) is 29.6 Å². The lowest BCUT2D eigenvalue weighted by Crippen LogP contribution is -2.51. The van der Waals surface area contributed by atoms with E-state index in [0.29, 0.717) is 17.4 Å². The van der Waals surface area contributed by atoms with Gasteiger partial charge in [0.1, 0.15) is 11.9 Å². The van der Waals surface area contributed by atoms with E-state index in [2.05, 4.69) is 15.9 Å². The van der Waals surface area contributed by atoms with Crippen LogP contribution in [-0.2, 0) is 14.3 Å². The third-order valence-corrected chi connectivity index (χ3v) is 4.12. The van der Waals surface area contributed by atoms with Crippen LogP contribution in [-0.4, -0.2) is 41.9 Å². The van der Waals surface area contributed by atoms with Gasteiger partial charge in [0.15, 0.2) is 6.61 Å². The van der Waals surface area contributed by atoms with Crippen LogP contribution in [0.3, 0.4) is 0 Å². The van der Waals surface area contributed by atoms with Crippen molar-refractivity contribution in [2.75, 3.05) is 13.2 Å². The van der Waals surface area contributed by atoms with Gasteiger partial charge >= 0.3 is 5.97 Å². The Balaban J connectivity index is 1.99. The summed E-state index contributed by atoms with van der Waals surface area (Å²) in [6.07, 6.45) is 2.05. The number of benzene rings is 1. The van der Waals surface area contributed by atoms with Crippen LogP contribution < -0.4 is 5.73 Å². The first-order valence-corrected chi connectivity index (χ1v) is 7.90. The molecule has 0 aromatic heterocycles. The van der Waals surface area contributed by atoms with Crippen LogP contribution in [0, 0.1) is 5.82 Å². The van der Waals surface area contributed by atoms with Gasteiger partial charge < -0.3 is 15.4 Å². The molecule has 2 rings (SSSR count). The Labute approximate surface area is 140 Å². The zero-order valence-corrected chi connectivity index (χ0v) is 13.8. The van der Waals surface area contributed by atoms with Crippen molar-refractivity contribution in [2.45, 2.75) is 25.3 Å². The number of ether oxygens (including phenoxy) is 1. The van der Waals surface area contributed by atoms with Crippen LogP contribution in [0.5, 0.6) is 0 Å². The quantitative estimate of drug-likeness (QED) is 0.795. The third kappa shape index (κ3) is 4.28. The second-order valence-electron chi connectivity index (χ2n) is 5.20. The number of nitrogens with zero attached hydrogens (tertiary/aromatic N) is 1. The molecule has 23 heavy (non-hydrogen) atoms. The first-order chi connectivity index (χ1) is 10.9. The zero-order valence-electron chi connectivity index (χ0n) is 12.3. The van der Waals surface area contributed by atoms with Crippen molar-refractivity contribution < 1.29 is 23.5 Å². The van der Waals surface area contributed by atoms with Gasteiger partial charge in [-0.3, -0.25) is 9.59 Å². The van der Waals surface area contributed by atoms with Gasteiger partial charge in [0, 0.05) is 11.0 Å². The first kappa shape index (κ1) is 17.4. The molecule has 1 aromatic carbocycles. The SMILES string of the molecule is NC(=O)[C@H]1CCCCN1C(=O)COC(=O)c1cc(Br)ccc1F. The van der Waals surface area contributed by atoms with Gasteiger partial charge in [-0.1, -0.05) is 15.9 Å². The van der Waals surface area contributed by atoms with E-state index < -0.39 is 36.2 Å². The van der Waals surface area contributed by atoms with E-state index >= 15 is 0 Å². The highest BCUT2D eigenvalue weighted by Gasteiger charge is 2.31. The minimum absolute atomic E-state index is 0.266. The lowest BCUT2D eigenvalue weighted by atomic mass is 10.0. The maximum absolute atomic E-state index is 13.6. The molecule has 1 aliphatic heterocycles. The van der Waals surface area contributed by atoms with Crippen LogP contribution in [0.4, 0.5) is 4.39 Å². The highest BCUT2D eigenvalue weighted by Crippen LogP contribution is 2.18. The molecule has 8 heteroatoms. The fourth-order valence-electron chi connectivity index (χ4n) is 2.47. The molecule has 1 saturated heterocycles. The van der Waals surface area contributed by atoms with Crippen molar-refractivity contribution in [2.24, 2.45) is 5.73 Å². The number of hydrogen-bond acceptors (Lipinski definition) is 4. The molecule has 1 aliphatic rings. The van der Waals surface area contributed by atoms with Crippen LogP contribution >= 0.6 is 15.9 Å². The van der Waals surface area contributed by atoms with Crippen LogP contribution in [0.15, 0.2) is 22.7 Å². The number of esters is 1. The molecule has 6 nitrogen and oxygen atoms in total. The number of carbonyl (C=O) groups excluding carboxylic acids is 3. The zero-order chi connectivity index (χ0) is 17.0. The summed E-state index contributed by atoms with van der Waals surface area (Å²) in [7, 11) is 0. The van der Waals surface area contributed by atoms with Crippen molar-refractivity contribution in [1.82, 2.24) is 4.90 Å². The number of hydrogen-bond donors (Lipinski definition) is 1. The Bertz CT molecular complexity index is 638. The summed E-state index contributed by atoms with van der Waals surface area (Å²) in [5, 5.41) is 0. The molecular formula is C15H16BrFN2O4. The number of halogens is 2. The van der Waals surface area contributed by atoms with Gasteiger partial charge in [-0.05, 0) is 37.5 Å². The summed E-state index contributed by atoms with van der Waals surface area (Å²) in [5.41, 5.74) is 5.02. The number of likely N-dealkylation sites (tertiary alicyclic amines) is 1. The molecule has 0 saturated carbocycles. The van der Waals surface area contributed by atoms with Crippen molar-refractivity contribution in [1.29, 1.82) is 0 Å². The topological polar surface area (TPSA) is 89.7 Å². The van der Waals surface area contributed by atoms with Gasteiger partial charge in [-0.25, -0.2) is 9.18 Å². The second kappa shape index (κ2) is 7.54. The van der Waals surface area contributed by atoms with Gasteiger partial charge in [0.25, 0.3) is 5.91 Å². The molecule has 0 bridgehead atoms. The largest absolute Gasteiger partial charge is 0.452 e. The number of primary amides is 1. The maximum Gasteiger partial charge on any atom is 0.341 e. The standard InChI is InChI=1S/C15H16BrFN2O4/c16-9-4-5-11(17)10(7-9)15(22)23-8-13(20)19-6-2-1-3-12(19)14(18)21/h4-5,7,12H,1-3,6,8H2,(H2,18,21)/t12-/m1/s1. The molecule has 1 heterocycles. The monoisotopic (exact) mass is 386 g/mol. The van der Waals surface area contributed by atoms with Gasteiger partial charge in [0.2, 0.25) is 5.91 Å². The average Bonchev–Trinajstić information content (AvgIpc) is 2.54. The molecule has 2 amide bonds. The summed E-state index contributed by atoms with van der Waals surface area (Å²) in [6.45, 7) is -0.177. The Morgan fingerprint density at radius 2 is 2.09 bits per heavy atom. The van der Waals surface area contributed by atoms with Gasteiger partial charge in [-0.2, -0.15) is 0 Å². The second-order valence-corrected chi connectivity index (χ2v) is 6.12. The number of rotatable bonds is 4. The van der Waals surface area contributed by atoms with Crippen molar-refractivity contribution in [3.8, 4) is 0 Å². The Morgan fingerprint density at radius 1 is 1.35 bits per heavy atom. The van der Waals surface area contributed by atoms with E-state index in [1.165, 1.54) is 17.0 Å². The normalized spacial score (nSPS) is 17.7. The summed E-state index contributed by atoms with van der Waals surface area (Å²) < 4.78 is 19.0. The molecule has 0 radical (unpaired) electrons. The van der Waals surface area contributed by atoms with E-state index in [-0.39, 0.29) is 5.56 Å². The Hall–Kier alpha value is -1.96. The molecular weight excluding hydrogens is 371 g/mol. The number of amides is 2. The van der Waals surface area contributed by atoms with Gasteiger partial charge in [-0.15, -0.1) is 0 Å². The van der Waals surface area contributed by atoms with E-state index in [9.17, 15) is 18.8 Å². The molecule has 1 aromatic rings. The minimum atomic E-state index is -0.940. The van der Waals surface area contributed by atoms with Gasteiger partial charge in [0.05, 0.1) is 5.56 Å². The lowest BCUT2D eigenvalue weighted by Gasteiger charge is -2.33. The fourth-order valence-corrected chi connectivity index (χ4v) is 2.83. The molecule has 0 spiro atoms. The van der Waals surface area contributed by atoms with Crippen molar-refractivity contribution >= 4 is 33.7 Å². The molecule has 124 valence electrons. The molecule has 0 unspecified atom stereocenters. The Kier molecular flexibility index (Phi) is 5.70. The van der Waals surface area contributed by atoms with E-state index in [1.807, 2.05) is 0 Å². The predicted molar refractivity (Wildman–Crippen MR) is 82.9 cm³/mol. The maximum atomic E-state index is 13.6. The molecule has 0 aliphatic carbocycles. The summed E-state index contributed by atoms with van der Waals surface area (Å²) in [4.78, 5) is 36.7. The summed E-state index contributed by atoms with van der Waals surface area (Å²) in [6, 6.07) is 3.16. The average molecular weight is 387 g/mol. The van der Waals surface area contributed by atoms with Crippen LogP contribution in [0.2, 0.25) is 0 Å². The summed E-state index contributed by atoms with van der Waals surface area (Å²) >= 11 is 3.13. The van der Waals surface area contributed by atoms with E-state index in [1.54, 1.807) is 0 Å². The van der Waals surface area contributed by atoms with E-state index in [4.69, 9.17) is 10.5 Å². The lowest BCUT2D eigenvalue weighted by molar-refractivity contribution is -0.143. The third-order valence-electron chi connectivity index (χ3n) is 3.63. The Morgan fingerprint density at radius 3 is 2.78 bits per heavy atom. The highest BCUT2D eigenvalue weighted by molar-refractivity contribution is 9.10. The minimum Gasteiger partial charge on any atom is -0.452 e. The smallest absolute Gasteiger partial charge is 0.341 e. The molecule has 1 atom stereocenters. The molecule has 2 N–H and O–H groups in total. The van der Waals surface area contributed by atoms with Crippen LogP contribution in [0.25, 0.3) is 0 Å². The number of nitrogens with two attached hydrogens (primary N) is 1. The first-order valence-electron chi connectivity index (χ1n) is 7.11. The fraction of sp³-hybridized carbons (Fsp3) is 0.400. The van der Waals surface area contributed by atoms with E-state index in [0.717, 1.165) is 18.9 Å². The summed E-state index contributed by atoms with van der Waals surface area (Å²) in [5.74, 6) is -2.77. The number of piperidine rings is 1. The van der Waals surface area contributed by atoms with Crippen molar-refractivity contribution in [3.63, 3.8) is 0 Å². The molecule has 1 fully saturated rings.